The van der Waals surface area contributed by atoms with Crippen LogP contribution in [-0.4, -0.2) is 25.4 Å². The number of nitrogens with zero attached hydrogens (tertiary/aromatic N) is 2. The molecule has 0 aliphatic carbocycles. The van der Waals surface area contributed by atoms with Crippen molar-refractivity contribution in [3.05, 3.63) is 40.5 Å². The summed E-state index contributed by atoms with van der Waals surface area (Å²) < 4.78 is 0. The van der Waals surface area contributed by atoms with Crippen molar-refractivity contribution in [3.63, 3.8) is 0 Å². The predicted octanol–water partition coefficient (Wildman–Crippen LogP) is 2.40. The minimum atomic E-state index is 0.210. The van der Waals surface area contributed by atoms with Gasteiger partial charge in [-0.05, 0) is 31.9 Å². The summed E-state index contributed by atoms with van der Waals surface area (Å²) in [5.41, 5.74) is 2.72. The summed E-state index contributed by atoms with van der Waals surface area (Å²) in [5, 5.41) is 26.7. The highest BCUT2D eigenvalue weighted by Gasteiger charge is 2.14. The van der Waals surface area contributed by atoms with Crippen molar-refractivity contribution in [1.82, 2.24) is 15.2 Å². The Kier molecular flexibility index (Phi) is 3.55. The molecule has 0 spiro atoms. The number of nitrogens with one attached hydrogen (secondary N) is 1. The zero-order chi connectivity index (χ0) is 14.0. The molecule has 0 atom stereocenters. The maximum Gasteiger partial charge on any atom is 0.137 e. The highest BCUT2D eigenvalue weighted by atomic mass is 16.3. The lowest BCUT2D eigenvalue weighted by molar-refractivity contribution is 0.448. The van der Waals surface area contributed by atoms with Gasteiger partial charge in [-0.25, -0.2) is 4.98 Å². The third-order valence-corrected chi connectivity index (χ3v) is 3.35. The second-order valence-corrected chi connectivity index (χ2v) is 4.52. The lowest BCUT2D eigenvalue weighted by Crippen LogP contribution is -1.92. The molecule has 0 saturated heterocycles. The van der Waals surface area contributed by atoms with Crippen molar-refractivity contribution in [3.8, 4) is 11.5 Å². The first-order chi connectivity index (χ1) is 9.02. The number of hydrogen-bond acceptors (Lipinski definition) is 4. The van der Waals surface area contributed by atoms with E-state index in [4.69, 9.17) is 0 Å². The van der Waals surface area contributed by atoms with Gasteiger partial charge in [-0.3, -0.25) is 5.10 Å². The van der Waals surface area contributed by atoms with Gasteiger partial charge in [-0.15, -0.1) is 0 Å². The van der Waals surface area contributed by atoms with Crippen LogP contribution in [0.4, 0.5) is 0 Å². The lowest BCUT2D eigenvalue weighted by Gasteiger charge is -2.13. The Morgan fingerprint density at radius 1 is 1.11 bits per heavy atom. The molecule has 100 valence electrons. The van der Waals surface area contributed by atoms with Crippen LogP contribution in [0.25, 0.3) is 6.08 Å². The number of hydrogen-bond donors (Lipinski definition) is 3. The fourth-order valence-electron chi connectivity index (χ4n) is 1.97. The van der Waals surface area contributed by atoms with Gasteiger partial charge >= 0.3 is 0 Å². The Hall–Kier alpha value is -2.30. The van der Waals surface area contributed by atoms with Gasteiger partial charge in [0, 0.05) is 17.5 Å². The molecule has 0 aliphatic heterocycles. The molecule has 0 bridgehead atoms. The number of aromatic nitrogens is 3. The van der Waals surface area contributed by atoms with Crippen molar-refractivity contribution < 1.29 is 10.2 Å². The van der Waals surface area contributed by atoms with E-state index in [1.807, 2.05) is 6.08 Å². The molecular weight excluding hydrogens is 242 g/mol. The summed E-state index contributed by atoms with van der Waals surface area (Å²) in [7, 11) is 0. The van der Waals surface area contributed by atoms with E-state index >= 15 is 0 Å². The normalized spacial score (nSPS) is 11.3. The highest BCUT2D eigenvalue weighted by molar-refractivity contribution is 5.68. The number of allylic oxidation sites excluding steroid dienone is 1. The fourth-order valence-corrected chi connectivity index (χ4v) is 1.97. The van der Waals surface area contributed by atoms with Gasteiger partial charge in [0.1, 0.15) is 23.7 Å². The van der Waals surface area contributed by atoms with Crippen LogP contribution in [0.5, 0.6) is 11.5 Å². The van der Waals surface area contributed by atoms with E-state index in [0.717, 1.165) is 5.82 Å². The Balaban J connectivity index is 2.32. The summed E-state index contributed by atoms with van der Waals surface area (Å²) in [6, 6.07) is 0. The maximum atomic E-state index is 10.1. The van der Waals surface area contributed by atoms with Gasteiger partial charge in [-0.1, -0.05) is 12.2 Å². The molecule has 2 aromatic rings. The Labute approximate surface area is 111 Å². The van der Waals surface area contributed by atoms with Crippen LogP contribution in [0.3, 0.4) is 0 Å². The second-order valence-electron chi connectivity index (χ2n) is 4.52. The second kappa shape index (κ2) is 5.14. The topological polar surface area (TPSA) is 82.0 Å². The monoisotopic (exact) mass is 259 g/mol. The van der Waals surface area contributed by atoms with Gasteiger partial charge in [-0.2, -0.15) is 5.10 Å². The highest BCUT2D eigenvalue weighted by Crippen LogP contribution is 2.36. The number of H-pyrrole nitrogens is 1. The largest absolute Gasteiger partial charge is 0.507 e. The molecule has 1 heterocycles. The van der Waals surface area contributed by atoms with Crippen LogP contribution in [0, 0.1) is 20.8 Å². The Bertz CT molecular complexity index is 587. The van der Waals surface area contributed by atoms with Crippen LogP contribution < -0.4 is 0 Å². The molecule has 0 amide bonds. The number of phenolic OH excluding ortho intramolecular Hbond substituents is 2. The summed E-state index contributed by atoms with van der Waals surface area (Å²) in [4.78, 5) is 4.01. The molecule has 5 nitrogen and oxygen atoms in total. The average Bonchev–Trinajstić information content (AvgIpc) is 2.91. The molecule has 3 N–H and O–H groups in total. The van der Waals surface area contributed by atoms with E-state index in [1.54, 1.807) is 26.8 Å². The van der Waals surface area contributed by atoms with Gasteiger partial charge in [0.05, 0.1) is 0 Å². The third-order valence-electron chi connectivity index (χ3n) is 3.35. The summed E-state index contributed by atoms with van der Waals surface area (Å²) in [5.74, 6) is 1.19. The summed E-state index contributed by atoms with van der Waals surface area (Å²) >= 11 is 0. The molecule has 0 aliphatic rings. The average molecular weight is 259 g/mol. The van der Waals surface area contributed by atoms with Crippen LogP contribution in [0.2, 0.25) is 0 Å². The van der Waals surface area contributed by atoms with E-state index in [0.29, 0.717) is 28.7 Å². The molecular formula is C14H17N3O2. The zero-order valence-electron chi connectivity index (χ0n) is 11.2. The number of aromatic hydroxyl groups is 2. The van der Waals surface area contributed by atoms with E-state index in [2.05, 4.69) is 15.2 Å². The third kappa shape index (κ3) is 2.45. The Morgan fingerprint density at radius 3 is 2.42 bits per heavy atom. The summed E-state index contributed by atoms with van der Waals surface area (Å²) in [6.45, 7) is 5.37. The number of rotatable bonds is 3. The standard InChI is InChI=1S/C14H17N3O2/c1-8-9(2)14(19)11(10(3)13(8)18)5-4-6-12-15-7-16-17-12/h4-5,7,18-19H,6H2,1-3H3,(H,15,16,17)/b5-4+. The quantitative estimate of drug-likeness (QED) is 0.739. The smallest absolute Gasteiger partial charge is 0.137 e. The molecule has 0 unspecified atom stereocenters. The molecule has 0 radical (unpaired) electrons. The van der Waals surface area contributed by atoms with E-state index < -0.39 is 0 Å². The van der Waals surface area contributed by atoms with E-state index in [1.165, 1.54) is 6.33 Å². The number of benzene rings is 1. The van der Waals surface area contributed by atoms with Crippen molar-refractivity contribution in [2.24, 2.45) is 0 Å². The van der Waals surface area contributed by atoms with E-state index in [-0.39, 0.29) is 11.5 Å². The zero-order valence-corrected chi connectivity index (χ0v) is 11.2. The van der Waals surface area contributed by atoms with Gasteiger partial charge < -0.3 is 10.2 Å². The molecule has 1 aromatic carbocycles. The first-order valence-corrected chi connectivity index (χ1v) is 6.04. The maximum absolute atomic E-state index is 10.1. The molecule has 5 heteroatoms. The molecule has 0 fully saturated rings. The number of aromatic amines is 1. The van der Waals surface area contributed by atoms with Gasteiger partial charge in [0.2, 0.25) is 0 Å². The van der Waals surface area contributed by atoms with Crippen molar-refractivity contribution in [2.75, 3.05) is 0 Å². The van der Waals surface area contributed by atoms with Crippen molar-refractivity contribution in [2.45, 2.75) is 27.2 Å². The first kappa shape index (κ1) is 13.1. The molecule has 0 saturated carbocycles. The van der Waals surface area contributed by atoms with Crippen molar-refractivity contribution >= 4 is 6.08 Å². The molecule has 19 heavy (non-hydrogen) atoms. The minimum absolute atomic E-state index is 0.210. The molecule has 2 rings (SSSR count). The number of phenols is 2. The SMILES string of the molecule is Cc1c(C)c(O)c(/C=C/Cc2ncn[nH]2)c(C)c1O. The fraction of sp³-hybridized carbons (Fsp3) is 0.286. The molecule has 1 aromatic heterocycles. The van der Waals surface area contributed by atoms with Crippen LogP contribution in [0.1, 0.15) is 28.1 Å². The lowest BCUT2D eigenvalue weighted by atomic mass is 9.97. The van der Waals surface area contributed by atoms with Crippen LogP contribution in [-0.2, 0) is 6.42 Å². The first-order valence-electron chi connectivity index (χ1n) is 6.04. The van der Waals surface area contributed by atoms with Crippen LogP contribution in [0.15, 0.2) is 12.4 Å². The minimum Gasteiger partial charge on any atom is -0.507 e. The van der Waals surface area contributed by atoms with E-state index in [9.17, 15) is 10.2 Å². The van der Waals surface area contributed by atoms with Crippen molar-refractivity contribution in [1.29, 1.82) is 0 Å². The summed E-state index contributed by atoms with van der Waals surface area (Å²) in [6.07, 6.45) is 5.70. The predicted molar refractivity (Wildman–Crippen MR) is 73.1 cm³/mol. The van der Waals surface area contributed by atoms with Gasteiger partial charge in [0.25, 0.3) is 0 Å². The van der Waals surface area contributed by atoms with Gasteiger partial charge in [0.15, 0.2) is 0 Å². The Morgan fingerprint density at radius 2 is 1.79 bits per heavy atom. The van der Waals surface area contributed by atoms with Crippen LogP contribution >= 0.6 is 0 Å².